The van der Waals surface area contributed by atoms with Gasteiger partial charge in [0.15, 0.2) is 5.65 Å². The summed E-state index contributed by atoms with van der Waals surface area (Å²) in [6.45, 7) is 1.85. The zero-order chi connectivity index (χ0) is 27.7. The van der Waals surface area contributed by atoms with Crippen LogP contribution in [0.15, 0.2) is 73.3 Å². The van der Waals surface area contributed by atoms with Gasteiger partial charge in [-0.15, -0.1) is 0 Å². The minimum atomic E-state index is -4.64. The summed E-state index contributed by atoms with van der Waals surface area (Å²) in [5, 5.41) is 9.49. The van der Waals surface area contributed by atoms with Gasteiger partial charge in [0, 0.05) is 36.3 Å². The highest BCUT2D eigenvalue weighted by molar-refractivity contribution is 6.31. The van der Waals surface area contributed by atoms with Gasteiger partial charge in [-0.1, -0.05) is 23.6 Å². The summed E-state index contributed by atoms with van der Waals surface area (Å²) in [5.41, 5.74) is 3.54. The Morgan fingerprint density at radius 3 is 2.62 bits per heavy atom. The highest BCUT2D eigenvalue weighted by Gasteiger charge is 2.33. The first kappa shape index (κ1) is 25.9. The van der Waals surface area contributed by atoms with Crippen molar-refractivity contribution >= 4 is 40.2 Å². The van der Waals surface area contributed by atoms with Gasteiger partial charge in [-0.2, -0.15) is 18.3 Å². The van der Waals surface area contributed by atoms with Crippen molar-refractivity contribution in [3.8, 4) is 11.8 Å². The van der Waals surface area contributed by atoms with Crippen molar-refractivity contribution in [2.24, 2.45) is 7.05 Å². The summed E-state index contributed by atoms with van der Waals surface area (Å²) >= 11 is 5.67. The molecule has 0 aliphatic rings. The first-order chi connectivity index (χ1) is 18.6. The minimum absolute atomic E-state index is 0.0219. The van der Waals surface area contributed by atoms with Crippen LogP contribution in [0.25, 0.3) is 5.65 Å². The lowest BCUT2D eigenvalue weighted by Crippen LogP contribution is -2.14. The Morgan fingerprint density at radius 1 is 1.05 bits per heavy atom. The van der Waals surface area contributed by atoms with Crippen LogP contribution >= 0.6 is 11.6 Å². The molecular formula is C28H20ClF3N6O. The Labute approximate surface area is 226 Å². The van der Waals surface area contributed by atoms with E-state index in [1.54, 1.807) is 35.3 Å². The van der Waals surface area contributed by atoms with Gasteiger partial charge in [0.2, 0.25) is 0 Å². The second-order valence-corrected chi connectivity index (χ2v) is 9.12. The molecule has 0 unspecified atom stereocenters. The molecule has 1 amide bonds. The predicted molar refractivity (Wildman–Crippen MR) is 143 cm³/mol. The summed E-state index contributed by atoms with van der Waals surface area (Å²) in [6.07, 6.45) is 2.42. The number of hydrogen-bond acceptors (Lipinski definition) is 4. The summed E-state index contributed by atoms with van der Waals surface area (Å²) in [6, 6.07) is 11.9. The number of nitrogens with zero attached hydrogens (tertiary/aromatic N) is 4. The first-order valence-corrected chi connectivity index (χ1v) is 12.0. The lowest BCUT2D eigenvalue weighted by Gasteiger charge is -2.12. The third-order valence-corrected chi connectivity index (χ3v) is 6.20. The molecule has 0 bridgehead atoms. The highest BCUT2D eigenvalue weighted by Crippen LogP contribution is 2.36. The molecule has 5 aromatic rings. The molecule has 0 saturated carbocycles. The van der Waals surface area contributed by atoms with E-state index in [1.807, 2.05) is 42.9 Å². The maximum atomic E-state index is 13.2. The number of carbonyl (C=O) groups is 1. The molecule has 11 heteroatoms. The molecule has 0 radical (unpaired) electrons. The molecule has 0 aliphatic heterocycles. The van der Waals surface area contributed by atoms with E-state index in [2.05, 4.69) is 32.6 Å². The average Bonchev–Trinajstić information content (AvgIpc) is 3.50. The third-order valence-electron chi connectivity index (χ3n) is 5.87. The van der Waals surface area contributed by atoms with E-state index < -0.39 is 22.7 Å². The number of aryl methyl sites for hydroxylation is 2. The van der Waals surface area contributed by atoms with Gasteiger partial charge in [-0.05, 0) is 60.9 Å². The smallest absolute Gasteiger partial charge is 0.350 e. The van der Waals surface area contributed by atoms with E-state index in [-0.39, 0.29) is 11.3 Å². The number of alkyl halides is 3. The average molecular weight is 549 g/mol. The fourth-order valence-electron chi connectivity index (χ4n) is 3.90. The number of hydrogen-bond donors (Lipinski definition) is 2. The molecule has 0 saturated heterocycles. The van der Waals surface area contributed by atoms with Gasteiger partial charge >= 0.3 is 6.18 Å². The van der Waals surface area contributed by atoms with Crippen LogP contribution < -0.4 is 10.6 Å². The quantitative estimate of drug-likeness (QED) is 0.253. The minimum Gasteiger partial charge on any atom is -0.350 e. The Balaban J connectivity index is 1.39. The Bertz CT molecular complexity index is 1780. The molecule has 2 N–H and O–H groups in total. The number of fused-ring (bicyclic) bond motifs is 1. The standard InChI is InChI=1S/C28H20ClF3N6O/c1-17-5-6-19(27(39)36-20-8-10-24(29)23(13-20)28(30,31)32)12-18(17)7-9-22-15-33-26-25(4-3-11-38(22)26)35-21-14-34-37(2)16-21/h3-6,8,10-16,35H,1-2H3,(H,36,39). The number of carbonyl (C=O) groups excluding carboxylic acids is 1. The SMILES string of the molecule is Cc1ccc(C(=O)Nc2ccc(Cl)c(C(F)(F)F)c2)cc1C#Cc1cnc2c(Nc3cnn(C)c3)cccn12. The first-order valence-electron chi connectivity index (χ1n) is 11.6. The maximum absolute atomic E-state index is 13.2. The zero-order valence-electron chi connectivity index (χ0n) is 20.6. The van der Waals surface area contributed by atoms with Gasteiger partial charge in [-0.25, -0.2) is 4.98 Å². The number of imidazole rings is 1. The van der Waals surface area contributed by atoms with Gasteiger partial charge in [-0.3, -0.25) is 13.9 Å². The molecule has 5 rings (SSSR count). The summed E-state index contributed by atoms with van der Waals surface area (Å²) < 4.78 is 43.1. The van der Waals surface area contributed by atoms with Crippen LogP contribution in [0, 0.1) is 18.8 Å². The topological polar surface area (TPSA) is 76.2 Å². The van der Waals surface area contributed by atoms with Crippen LogP contribution in [-0.4, -0.2) is 25.1 Å². The molecule has 0 atom stereocenters. The number of aromatic nitrogens is 4. The normalized spacial score (nSPS) is 11.2. The molecular weight excluding hydrogens is 529 g/mol. The van der Waals surface area contributed by atoms with E-state index in [1.165, 1.54) is 6.07 Å². The number of halogens is 4. The van der Waals surface area contributed by atoms with Crippen molar-refractivity contribution in [3.05, 3.63) is 106 Å². The van der Waals surface area contributed by atoms with Crippen molar-refractivity contribution in [2.75, 3.05) is 10.6 Å². The molecule has 0 fully saturated rings. The summed E-state index contributed by atoms with van der Waals surface area (Å²) in [7, 11) is 1.83. The molecule has 3 aromatic heterocycles. The zero-order valence-corrected chi connectivity index (χ0v) is 21.4. The molecule has 2 aromatic carbocycles. The van der Waals surface area contributed by atoms with E-state index in [0.717, 1.165) is 29.1 Å². The summed E-state index contributed by atoms with van der Waals surface area (Å²) in [5.74, 6) is 5.61. The molecule has 39 heavy (non-hydrogen) atoms. The van der Waals surface area contributed by atoms with Crippen LogP contribution in [-0.2, 0) is 13.2 Å². The highest BCUT2D eigenvalue weighted by atomic mass is 35.5. The monoisotopic (exact) mass is 548 g/mol. The number of pyridine rings is 1. The molecule has 0 spiro atoms. The second-order valence-electron chi connectivity index (χ2n) is 8.71. The number of benzene rings is 2. The Morgan fingerprint density at radius 2 is 1.87 bits per heavy atom. The molecule has 7 nitrogen and oxygen atoms in total. The molecule has 196 valence electrons. The lowest BCUT2D eigenvalue weighted by atomic mass is 10.0. The van der Waals surface area contributed by atoms with Crippen LogP contribution in [0.5, 0.6) is 0 Å². The maximum Gasteiger partial charge on any atom is 0.417 e. The number of amides is 1. The largest absolute Gasteiger partial charge is 0.417 e. The Kier molecular flexibility index (Phi) is 6.76. The van der Waals surface area contributed by atoms with Crippen molar-refractivity contribution in [2.45, 2.75) is 13.1 Å². The van der Waals surface area contributed by atoms with E-state index in [9.17, 15) is 18.0 Å². The van der Waals surface area contributed by atoms with Gasteiger partial charge in [0.25, 0.3) is 5.91 Å². The van der Waals surface area contributed by atoms with Crippen LogP contribution in [0.2, 0.25) is 5.02 Å². The fraction of sp³-hybridized carbons (Fsp3) is 0.107. The van der Waals surface area contributed by atoms with E-state index >= 15 is 0 Å². The Hall–Kier alpha value is -4.75. The number of rotatable bonds is 4. The van der Waals surface area contributed by atoms with Gasteiger partial charge in [0.05, 0.1) is 34.4 Å². The lowest BCUT2D eigenvalue weighted by molar-refractivity contribution is -0.137. The van der Waals surface area contributed by atoms with Crippen molar-refractivity contribution in [1.82, 2.24) is 19.2 Å². The number of nitrogens with one attached hydrogen (secondary N) is 2. The van der Waals surface area contributed by atoms with Crippen LogP contribution in [0.3, 0.4) is 0 Å². The molecule has 3 heterocycles. The fourth-order valence-corrected chi connectivity index (χ4v) is 4.12. The predicted octanol–water partition coefficient (Wildman–Crippen LogP) is 6.44. The number of anilines is 3. The van der Waals surface area contributed by atoms with Crippen molar-refractivity contribution in [1.29, 1.82) is 0 Å². The van der Waals surface area contributed by atoms with E-state index in [4.69, 9.17) is 11.6 Å². The summed E-state index contributed by atoms with van der Waals surface area (Å²) in [4.78, 5) is 17.3. The van der Waals surface area contributed by atoms with Crippen molar-refractivity contribution < 1.29 is 18.0 Å². The second kappa shape index (κ2) is 10.2. The van der Waals surface area contributed by atoms with Crippen molar-refractivity contribution in [3.63, 3.8) is 0 Å². The van der Waals surface area contributed by atoms with Gasteiger partial charge < -0.3 is 10.6 Å². The molecule has 0 aliphatic carbocycles. The van der Waals surface area contributed by atoms with Crippen LogP contribution in [0.4, 0.5) is 30.2 Å². The third kappa shape index (κ3) is 5.58. The van der Waals surface area contributed by atoms with Crippen LogP contribution in [0.1, 0.15) is 32.7 Å². The van der Waals surface area contributed by atoms with Gasteiger partial charge in [0.1, 0.15) is 5.69 Å². The van der Waals surface area contributed by atoms with E-state index in [0.29, 0.717) is 16.9 Å².